The van der Waals surface area contributed by atoms with Crippen LogP contribution in [-0.4, -0.2) is 6.04 Å². The van der Waals surface area contributed by atoms with Gasteiger partial charge in [-0.15, -0.1) is 0 Å². The molecule has 0 aliphatic heterocycles. The van der Waals surface area contributed by atoms with E-state index in [1.165, 1.54) is 12.1 Å². The van der Waals surface area contributed by atoms with Crippen molar-refractivity contribution in [3.05, 3.63) is 35.6 Å². The van der Waals surface area contributed by atoms with Crippen molar-refractivity contribution in [2.75, 3.05) is 0 Å². The van der Waals surface area contributed by atoms with Crippen molar-refractivity contribution in [3.8, 4) is 0 Å². The van der Waals surface area contributed by atoms with Crippen molar-refractivity contribution in [3.63, 3.8) is 0 Å². The van der Waals surface area contributed by atoms with E-state index in [9.17, 15) is 4.39 Å². The van der Waals surface area contributed by atoms with E-state index in [1.54, 1.807) is 0 Å². The van der Waals surface area contributed by atoms with Gasteiger partial charge in [0.2, 0.25) is 0 Å². The van der Waals surface area contributed by atoms with Gasteiger partial charge in [0.15, 0.2) is 0 Å². The average molecular weight is 165 g/mol. The Labute approximate surface area is 71.4 Å². The number of benzene rings is 1. The molecule has 0 radical (unpaired) electrons. The Balaban J connectivity index is 2.31. The molecule has 1 aliphatic carbocycles. The zero-order valence-corrected chi connectivity index (χ0v) is 7.05. The Morgan fingerprint density at radius 1 is 1.42 bits per heavy atom. The summed E-state index contributed by atoms with van der Waals surface area (Å²) >= 11 is 0. The van der Waals surface area contributed by atoms with Gasteiger partial charge < -0.3 is 5.73 Å². The summed E-state index contributed by atoms with van der Waals surface area (Å²) in [7, 11) is 0. The first-order chi connectivity index (χ1) is 5.63. The van der Waals surface area contributed by atoms with Crippen molar-refractivity contribution in [2.45, 2.75) is 24.8 Å². The molecule has 0 aromatic heterocycles. The van der Waals surface area contributed by atoms with Gasteiger partial charge in [0, 0.05) is 11.5 Å². The summed E-state index contributed by atoms with van der Waals surface area (Å²) in [5, 5.41) is 0. The van der Waals surface area contributed by atoms with Crippen LogP contribution in [0.2, 0.25) is 0 Å². The first-order valence-electron chi connectivity index (χ1n) is 4.14. The lowest BCUT2D eigenvalue weighted by Gasteiger charge is -2.08. The quantitative estimate of drug-likeness (QED) is 0.674. The van der Waals surface area contributed by atoms with E-state index < -0.39 is 0 Å². The highest BCUT2D eigenvalue weighted by Gasteiger charge is 2.48. The van der Waals surface area contributed by atoms with Gasteiger partial charge in [0.1, 0.15) is 5.82 Å². The zero-order chi connectivity index (χ0) is 8.77. The minimum absolute atomic E-state index is 0.105. The molecule has 1 aromatic rings. The fraction of sp³-hybridized carbons (Fsp3) is 0.400. The van der Waals surface area contributed by atoms with Gasteiger partial charge in [-0.25, -0.2) is 4.39 Å². The molecular weight excluding hydrogens is 153 g/mol. The number of nitrogens with two attached hydrogens (primary N) is 1. The van der Waals surface area contributed by atoms with E-state index in [4.69, 9.17) is 5.73 Å². The molecule has 2 N–H and O–H groups in total. The predicted molar refractivity (Wildman–Crippen MR) is 46.3 cm³/mol. The van der Waals surface area contributed by atoms with Crippen LogP contribution in [0.25, 0.3) is 0 Å². The second kappa shape index (κ2) is 2.30. The van der Waals surface area contributed by atoms with Gasteiger partial charge in [-0.1, -0.05) is 19.1 Å². The highest BCUT2D eigenvalue weighted by molar-refractivity contribution is 5.34. The molecule has 1 aliphatic rings. The summed E-state index contributed by atoms with van der Waals surface area (Å²) in [4.78, 5) is 0. The summed E-state index contributed by atoms with van der Waals surface area (Å²) in [6.07, 6.45) is 1.01. The number of hydrogen-bond donors (Lipinski definition) is 1. The third-order valence-electron chi connectivity index (χ3n) is 2.81. The van der Waals surface area contributed by atoms with Crippen LogP contribution < -0.4 is 5.73 Å². The monoisotopic (exact) mass is 165 g/mol. The molecule has 2 rings (SSSR count). The molecule has 64 valence electrons. The van der Waals surface area contributed by atoms with E-state index in [2.05, 4.69) is 6.92 Å². The highest BCUT2D eigenvalue weighted by Crippen LogP contribution is 2.46. The summed E-state index contributed by atoms with van der Waals surface area (Å²) in [6, 6.07) is 6.88. The van der Waals surface area contributed by atoms with Gasteiger partial charge in [-0.3, -0.25) is 0 Å². The van der Waals surface area contributed by atoms with Gasteiger partial charge in [0.25, 0.3) is 0 Å². The van der Waals surface area contributed by atoms with Gasteiger partial charge >= 0.3 is 0 Å². The van der Waals surface area contributed by atoms with Crippen LogP contribution in [0.1, 0.15) is 18.9 Å². The zero-order valence-electron chi connectivity index (χ0n) is 7.05. The molecule has 1 fully saturated rings. The summed E-state index contributed by atoms with van der Waals surface area (Å²) in [6.45, 7) is 2.12. The maximum atomic E-state index is 12.6. The Morgan fingerprint density at radius 3 is 2.33 bits per heavy atom. The minimum atomic E-state index is -0.184. The van der Waals surface area contributed by atoms with Gasteiger partial charge in [-0.2, -0.15) is 0 Å². The molecule has 0 unspecified atom stereocenters. The first-order valence-corrected chi connectivity index (χ1v) is 4.14. The number of hydrogen-bond acceptors (Lipinski definition) is 1. The fourth-order valence-electron chi connectivity index (χ4n) is 1.56. The molecule has 1 saturated carbocycles. The van der Waals surface area contributed by atoms with Gasteiger partial charge in [0.05, 0.1) is 0 Å². The molecule has 12 heavy (non-hydrogen) atoms. The Kier molecular flexibility index (Phi) is 1.48. The van der Waals surface area contributed by atoms with Crippen molar-refractivity contribution < 1.29 is 4.39 Å². The summed E-state index contributed by atoms with van der Waals surface area (Å²) in [5.74, 6) is -0.184. The van der Waals surface area contributed by atoms with Crippen molar-refractivity contribution in [2.24, 2.45) is 5.73 Å². The first kappa shape index (κ1) is 7.74. The van der Waals surface area contributed by atoms with Crippen LogP contribution in [0.3, 0.4) is 0 Å². The molecule has 0 amide bonds. The van der Waals surface area contributed by atoms with Crippen LogP contribution in [0.4, 0.5) is 4.39 Å². The molecular formula is C10H12FN. The second-order valence-corrected chi connectivity index (χ2v) is 3.73. The maximum absolute atomic E-state index is 12.6. The lowest BCUT2D eigenvalue weighted by molar-refractivity contribution is 0.624. The smallest absolute Gasteiger partial charge is 0.123 e. The summed E-state index contributed by atoms with van der Waals surface area (Å²) in [5.41, 5.74) is 7.03. The minimum Gasteiger partial charge on any atom is -0.327 e. The number of rotatable bonds is 1. The lowest BCUT2D eigenvalue weighted by atomic mass is 9.98. The average Bonchev–Trinajstić information content (AvgIpc) is 2.62. The van der Waals surface area contributed by atoms with E-state index >= 15 is 0 Å². The van der Waals surface area contributed by atoms with Crippen molar-refractivity contribution in [1.29, 1.82) is 0 Å². The maximum Gasteiger partial charge on any atom is 0.123 e. The molecule has 2 heteroatoms. The number of halogens is 1. The largest absolute Gasteiger partial charge is 0.327 e. The van der Waals surface area contributed by atoms with Crippen LogP contribution in [-0.2, 0) is 5.41 Å². The van der Waals surface area contributed by atoms with E-state index in [0.717, 1.165) is 12.0 Å². The Morgan fingerprint density at radius 2 is 1.92 bits per heavy atom. The normalized spacial score (nSPS) is 33.4. The molecule has 0 spiro atoms. The van der Waals surface area contributed by atoms with Crippen LogP contribution in [0, 0.1) is 5.82 Å². The molecule has 0 heterocycles. The van der Waals surface area contributed by atoms with E-state index in [-0.39, 0.29) is 17.3 Å². The third kappa shape index (κ3) is 1.03. The molecule has 1 aromatic carbocycles. The highest BCUT2D eigenvalue weighted by atomic mass is 19.1. The SMILES string of the molecule is C[C@@]1(c2ccc(F)cc2)C[C@H]1N. The molecule has 0 saturated heterocycles. The van der Waals surface area contributed by atoms with Crippen molar-refractivity contribution in [1.82, 2.24) is 0 Å². The molecule has 1 nitrogen and oxygen atoms in total. The Bertz CT molecular complexity index is 293. The van der Waals surface area contributed by atoms with Crippen LogP contribution >= 0.6 is 0 Å². The molecule has 0 bridgehead atoms. The van der Waals surface area contributed by atoms with E-state index in [1.807, 2.05) is 12.1 Å². The standard InChI is InChI=1S/C10H12FN/c1-10(6-9(10)12)7-2-4-8(11)5-3-7/h2-5,9H,6,12H2,1H3/t9-,10+/m1/s1. The predicted octanol–water partition coefficient (Wildman–Crippen LogP) is 1.81. The Hall–Kier alpha value is -0.890. The fourth-order valence-corrected chi connectivity index (χ4v) is 1.56. The van der Waals surface area contributed by atoms with E-state index in [0.29, 0.717) is 0 Å². The van der Waals surface area contributed by atoms with Gasteiger partial charge in [-0.05, 0) is 24.1 Å². The lowest BCUT2D eigenvalue weighted by Crippen LogP contribution is -2.14. The second-order valence-electron chi connectivity index (χ2n) is 3.73. The van der Waals surface area contributed by atoms with Crippen molar-refractivity contribution >= 4 is 0 Å². The third-order valence-corrected chi connectivity index (χ3v) is 2.81. The topological polar surface area (TPSA) is 26.0 Å². The molecule has 2 atom stereocenters. The van der Waals surface area contributed by atoms with Crippen LogP contribution in [0.15, 0.2) is 24.3 Å². The summed E-state index contributed by atoms with van der Waals surface area (Å²) < 4.78 is 12.6. The van der Waals surface area contributed by atoms with Crippen LogP contribution in [0.5, 0.6) is 0 Å².